The summed E-state index contributed by atoms with van der Waals surface area (Å²) < 4.78 is 16.3. The minimum absolute atomic E-state index is 0.209. The van der Waals surface area contributed by atoms with E-state index < -0.39 is 0 Å². The van der Waals surface area contributed by atoms with Crippen LogP contribution in [0.15, 0.2) is 48.5 Å². The van der Waals surface area contributed by atoms with E-state index in [4.69, 9.17) is 14.2 Å². The van der Waals surface area contributed by atoms with E-state index in [9.17, 15) is 4.79 Å². The second kappa shape index (κ2) is 10.1. The minimum Gasteiger partial charge on any atom is -0.494 e. The highest BCUT2D eigenvalue weighted by Crippen LogP contribution is 2.28. The van der Waals surface area contributed by atoms with Crippen molar-refractivity contribution in [2.24, 2.45) is 0 Å². The quantitative estimate of drug-likeness (QED) is 0.671. The molecule has 5 nitrogen and oxygen atoms in total. The number of nitrogens with one attached hydrogen (secondary N) is 1. The Morgan fingerprint density at radius 1 is 1.04 bits per heavy atom. The van der Waals surface area contributed by atoms with Crippen molar-refractivity contribution in [3.05, 3.63) is 54.1 Å². The molecule has 1 N–H and O–H groups in total. The Kier molecular flexibility index (Phi) is 7.55. The number of benzene rings is 2. The van der Waals surface area contributed by atoms with E-state index in [0.29, 0.717) is 30.4 Å². The molecule has 26 heavy (non-hydrogen) atoms. The average molecular weight is 355 g/mol. The molecule has 0 atom stereocenters. The van der Waals surface area contributed by atoms with Gasteiger partial charge in [-0.3, -0.25) is 4.79 Å². The molecule has 2 aromatic rings. The molecule has 2 rings (SSSR count). The lowest BCUT2D eigenvalue weighted by Crippen LogP contribution is -2.07. The summed E-state index contributed by atoms with van der Waals surface area (Å²) in [6.07, 6.45) is 4.14. The van der Waals surface area contributed by atoms with E-state index in [1.807, 2.05) is 44.2 Å². The van der Waals surface area contributed by atoms with Crippen molar-refractivity contribution in [1.82, 2.24) is 0 Å². The molecule has 0 aliphatic heterocycles. The molecule has 0 aromatic heterocycles. The second-order valence-electron chi connectivity index (χ2n) is 5.54. The number of ether oxygens (including phenoxy) is 3. The van der Waals surface area contributed by atoms with Gasteiger partial charge in [-0.25, -0.2) is 0 Å². The maximum Gasteiger partial charge on any atom is 0.248 e. The van der Waals surface area contributed by atoms with Crippen molar-refractivity contribution < 1.29 is 19.0 Å². The number of hydrogen-bond acceptors (Lipinski definition) is 4. The summed E-state index contributed by atoms with van der Waals surface area (Å²) in [7, 11) is 1.60. The van der Waals surface area contributed by atoms with E-state index >= 15 is 0 Å². The zero-order chi connectivity index (χ0) is 18.8. The van der Waals surface area contributed by atoms with E-state index in [0.717, 1.165) is 17.7 Å². The largest absolute Gasteiger partial charge is 0.494 e. The molecule has 0 unspecified atom stereocenters. The van der Waals surface area contributed by atoms with Gasteiger partial charge in [0, 0.05) is 11.8 Å². The lowest BCUT2D eigenvalue weighted by atomic mass is 10.2. The van der Waals surface area contributed by atoms with Gasteiger partial charge in [-0.15, -0.1) is 0 Å². The molecule has 0 saturated carbocycles. The monoisotopic (exact) mass is 355 g/mol. The van der Waals surface area contributed by atoms with Crippen molar-refractivity contribution in [2.45, 2.75) is 20.3 Å². The van der Waals surface area contributed by atoms with Gasteiger partial charge in [0.05, 0.1) is 20.3 Å². The lowest BCUT2D eigenvalue weighted by molar-refractivity contribution is -0.111. The fourth-order valence-corrected chi connectivity index (χ4v) is 2.28. The summed E-state index contributed by atoms with van der Waals surface area (Å²) in [5.74, 6) is 1.91. The summed E-state index contributed by atoms with van der Waals surface area (Å²) in [5, 5.41) is 2.81. The first-order valence-corrected chi connectivity index (χ1v) is 8.69. The fraction of sp³-hybridized carbons (Fsp3) is 0.286. The lowest BCUT2D eigenvalue weighted by Gasteiger charge is -2.10. The van der Waals surface area contributed by atoms with E-state index in [2.05, 4.69) is 5.32 Å². The zero-order valence-corrected chi connectivity index (χ0v) is 15.5. The van der Waals surface area contributed by atoms with Crippen LogP contribution >= 0.6 is 0 Å². The van der Waals surface area contributed by atoms with Crippen LogP contribution in [0.4, 0.5) is 5.69 Å². The Hall–Kier alpha value is -2.95. The van der Waals surface area contributed by atoms with Gasteiger partial charge in [-0.2, -0.15) is 0 Å². The smallest absolute Gasteiger partial charge is 0.248 e. The number of methoxy groups -OCH3 is 1. The Balaban J connectivity index is 1.98. The molecule has 0 spiro atoms. The van der Waals surface area contributed by atoms with Crippen LogP contribution in [0, 0.1) is 0 Å². The molecule has 0 radical (unpaired) electrons. The molecule has 0 aliphatic rings. The van der Waals surface area contributed by atoms with Crippen LogP contribution in [-0.4, -0.2) is 26.2 Å². The summed E-state index contributed by atoms with van der Waals surface area (Å²) in [4.78, 5) is 12.1. The van der Waals surface area contributed by atoms with Gasteiger partial charge >= 0.3 is 0 Å². The third-order valence-electron chi connectivity index (χ3n) is 3.51. The number of hydrogen-bond donors (Lipinski definition) is 1. The predicted octanol–water partition coefficient (Wildman–Crippen LogP) is 4.53. The van der Waals surface area contributed by atoms with Crippen LogP contribution in [0.3, 0.4) is 0 Å². The summed E-state index contributed by atoms with van der Waals surface area (Å²) in [6.45, 7) is 5.22. The van der Waals surface area contributed by atoms with Gasteiger partial charge in [0.2, 0.25) is 5.91 Å². The van der Waals surface area contributed by atoms with Gasteiger partial charge in [-0.05, 0) is 61.4 Å². The fourth-order valence-electron chi connectivity index (χ4n) is 2.28. The molecule has 138 valence electrons. The maximum absolute atomic E-state index is 12.1. The van der Waals surface area contributed by atoms with Crippen LogP contribution in [0.1, 0.15) is 25.8 Å². The number of rotatable bonds is 9. The highest BCUT2D eigenvalue weighted by molar-refractivity contribution is 6.01. The van der Waals surface area contributed by atoms with Crippen LogP contribution in [0.25, 0.3) is 6.08 Å². The Bertz CT molecular complexity index is 738. The first-order valence-electron chi connectivity index (χ1n) is 8.69. The third-order valence-corrected chi connectivity index (χ3v) is 3.51. The molecule has 0 bridgehead atoms. The first-order chi connectivity index (χ1) is 12.7. The maximum atomic E-state index is 12.1. The molecule has 5 heteroatoms. The van der Waals surface area contributed by atoms with E-state index in [1.165, 1.54) is 6.08 Å². The summed E-state index contributed by atoms with van der Waals surface area (Å²) >= 11 is 0. The van der Waals surface area contributed by atoms with Crippen molar-refractivity contribution >= 4 is 17.7 Å². The topological polar surface area (TPSA) is 56.8 Å². The first kappa shape index (κ1) is 19.4. The average Bonchev–Trinajstić information content (AvgIpc) is 2.66. The van der Waals surface area contributed by atoms with E-state index in [1.54, 1.807) is 25.3 Å². The molecule has 1 amide bonds. The van der Waals surface area contributed by atoms with E-state index in [-0.39, 0.29) is 5.91 Å². The predicted molar refractivity (Wildman–Crippen MR) is 104 cm³/mol. The van der Waals surface area contributed by atoms with Gasteiger partial charge in [0.15, 0.2) is 11.5 Å². The Morgan fingerprint density at radius 2 is 1.81 bits per heavy atom. The summed E-state index contributed by atoms with van der Waals surface area (Å²) in [5.41, 5.74) is 1.57. The van der Waals surface area contributed by atoms with Gasteiger partial charge in [0.1, 0.15) is 5.75 Å². The molecule has 0 aliphatic carbocycles. The van der Waals surface area contributed by atoms with Crippen molar-refractivity contribution in [1.29, 1.82) is 0 Å². The minimum atomic E-state index is -0.209. The SMILES string of the molecule is CCCOc1ccc(C=CC(=O)Nc2ccc(OCC)cc2)cc1OC. The Labute approximate surface area is 154 Å². The zero-order valence-electron chi connectivity index (χ0n) is 15.5. The molecule has 0 fully saturated rings. The Morgan fingerprint density at radius 3 is 2.46 bits per heavy atom. The standard InChI is InChI=1S/C21H25NO4/c1-4-14-26-19-12-6-16(15-20(19)24-3)7-13-21(23)22-17-8-10-18(11-9-17)25-5-2/h6-13,15H,4-5,14H2,1-3H3,(H,22,23). The summed E-state index contributed by atoms with van der Waals surface area (Å²) in [6, 6.07) is 12.8. The highest BCUT2D eigenvalue weighted by Gasteiger charge is 2.05. The van der Waals surface area contributed by atoms with Crippen molar-refractivity contribution in [2.75, 3.05) is 25.6 Å². The molecular weight excluding hydrogens is 330 g/mol. The molecular formula is C21H25NO4. The number of carbonyl (C=O) groups is 1. The number of carbonyl (C=O) groups excluding carboxylic acids is 1. The van der Waals surface area contributed by atoms with Crippen LogP contribution in [-0.2, 0) is 4.79 Å². The molecule has 0 saturated heterocycles. The highest BCUT2D eigenvalue weighted by atomic mass is 16.5. The number of anilines is 1. The van der Waals surface area contributed by atoms with Crippen molar-refractivity contribution in [3.63, 3.8) is 0 Å². The van der Waals surface area contributed by atoms with Gasteiger partial charge in [-0.1, -0.05) is 13.0 Å². The van der Waals surface area contributed by atoms with Crippen LogP contribution in [0.2, 0.25) is 0 Å². The van der Waals surface area contributed by atoms with Gasteiger partial charge in [0.25, 0.3) is 0 Å². The van der Waals surface area contributed by atoms with Crippen LogP contribution < -0.4 is 19.5 Å². The number of amides is 1. The van der Waals surface area contributed by atoms with Gasteiger partial charge < -0.3 is 19.5 Å². The molecule has 0 heterocycles. The second-order valence-corrected chi connectivity index (χ2v) is 5.54. The van der Waals surface area contributed by atoms with Crippen molar-refractivity contribution in [3.8, 4) is 17.2 Å². The third kappa shape index (κ3) is 5.84. The normalized spacial score (nSPS) is 10.6. The molecule has 2 aromatic carbocycles. The van der Waals surface area contributed by atoms with Crippen LogP contribution in [0.5, 0.6) is 17.2 Å².